The van der Waals surface area contributed by atoms with Gasteiger partial charge < -0.3 is 39.7 Å². The SMILES string of the molecule is COc1cc2c(cn1)C(=Cc1cc(OC)c(NCC(=O)O)c(OC)c1)C(C)=C2NC(=O)NCc1ccco1. The Hall–Kier alpha value is -4.93. The van der Waals surface area contributed by atoms with Crippen LogP contribution >= 0.6 is 0 Å². The zero-order valence-electron chi connectivity index (χ0n) is 21.4. The fourth-order valence-electron chi connectivity index (χ4n) is 4.11. The van der Waals surface area contributed by atoms with Crippen LogP contribution in [-0.4, -0.2) is 50.0 Å². The van der Waals surface area contributed by atoms with Gasteiger partial charge in [0.05, 0.1) is 39.8 Å². The fourth-order valence-corrected chi connectivity index (χ4v) is 4.11. The van der Waals surface area contributed by atoms with Gasteiger partial charge in [-0.25, -0.2) is 9.78 Å². The molecule has 1 aliphatic rings. The fraction of sp³-hybridized carbons (Fsp3) is 0.222. The molecule has 0 saturated heterocycles. The van der Waals surface area contributed by atoms with Crippen molar-refractivity contribution in [3.8, 4) is 17.4 Å². The van der Waals surface area contributed by atoms with Gasteiger partial charge in [-0.2, -0.15) is 0 Å². The Morgan fingerprint density at radius 2 is 1.82 bits per heavy atom. The van der Waals surface area contributed by atoms with Gasteiger partial charge in [0.2, 0.25) is 5.88 Å². The Kier molecular flexibility index (Phi) is 7.86. The number of furan rings is 1. The number of rotatable bonds is 10. The van der Waals surface area contributed by atoms with E-state index in [2.05, 4.69) is 20.9 Å². The number of pyridine rings is 1. The van der Waals surface area contributed by atoms with E-state index in [1.165, 1.54) is 21.3 Å². The van der Waals surface area contributed by atoms with Crippen LogP contribution in [0.25, 0.3) is 17.3 Å². The Balaban J connectivity index is 1.71. The summed E-state index contributed by atoms with van der Waals surface area (Å²) in [6.45, 7) is 1.84. The molecule has 1 aromatic carbocycles. The molecule has 2 aromatic heterocycles. The van der Waals surface area contributed by atoms with Crippen LogP contribution in [-0.2, 0) is 11.3 Å². The number of nitrogens with one attached hydrogen (secondary N) is 3. The molecule has 2 heterocycles. The zero-order chi connectivity index (χ0) is 27.2. The number of nitrogens with zero attached hydrogens (tertiary/aromatic N) is 1. The number of aromatic nitrogens is 1. The second-order valence-electron chi connectivity index (χ2n) is 8.27. The number of aliphatic carboxylic acids is 1. The van der Waals surface area contributed by atoms with E-state index in [0.29, 0.717) is 34.5 Å². The minimum atomic E-state index is -1.01. The third-order valence-electron chi connectivity index (χ3n) is 5.92. The molecule has 198 valence electrons. The first-order valence-corrected chi connectivity index (χ1v) is 11.6. The number of carbonyl (C=O) groups excluding carboxylic acids is 1. The monoisotopic (exact) mass is 520 g/mol. The van der Waals surface area contributed by atoms with Crippen molar-refractivity contribution in [3.63, 3.8) is 0 Å². The predicted molar refractivity (Wildman–Crippen MR) is 141 cm³/mol. The second-order valence-corrected chi connectivity index (χ2v) is 8.27. The summed E-state index contributed by atoms with van der Waals surface area (Å²) < 4.78 is 21.6. The van der Waals surface area contributed by atoms with Crippen LogP contribution in [0.4, 0.5) is 10.5 Å². The molecule has 0 aliphatic heterocycles. The molecule has 11 heteroatoms. The normalized spacial score (nSPS) is 13.2. The first kappa shape index (κ1) is 26.1. The second kappa shape index (κ2) is 11.4. The highest BCUT2D eigenvalue weighted by molar-refractivity contribution is 6.07. The number of fused-ring (bicyclic) bond motifs is 1. The third-order valence-corrected chi connectivity index (χ3v) is 5.92. The maximum absolute atomic E-state index is 12.7. The molecule has 2 amide bonds. The highest BCUT2D eigenvalue weighted by atomic mass is 16.5. The summed E-state index contributed by atoms with van der Waals surface area (Å²) in [4.78, 5) is 28.2. The van der Waals surface area contributed by atoms with Crippen LogP contribution in [0.3, 0.4) is 0 Å². The number of anilines is 1. The molecule has 0 atom stereocenters. The van der Waals surface area contributed by atoms with E-state index in [0.717, 1.165) is 27.8 Å². The van der Waals surface area contributed by atoms with Crippen molar-refractivity contribution < 1.29 is 33.3 Å². The molecular weight excluding hydrogens is 492 g/mol. The van der Waals surface area contributed by atoms with Crippen molar-refractivity contribution in [1.82, 2.24) is 15.6 Å². The largest absolute Gasteiger partial charge is 0.494 e. The average Bonchev–Trinajstić information content (AvgIpc) is 3.53. The summed E-state index contributed by atoms with van der Waals surface area (Å²) in [5.74, 6) is 0.861. The number of methoxy groups -OCH3 is 3. The molecule has 0 saturated carbocycles. The molecule has 11 nitrogen and oxygen atoms in total. The van der Waals surface area contributed by atoms with Crippen LogP contribution in [0.5, 0.6) is 17.4 Å². The number of benzene rings is 1. The van der Waals surface area contributed by atoms with Gasteiger partial charge in [-0.05, 0) is 54.0 Å². The van der Waals surface area contributed by atoms with E-state index in [4.69, 9.17) is 23.7 Å². The number of hydrogen-bond acceptors (Lipinski definition) is 8. The smallest absolute Gasteiger partial charge is 0.322 e. The first-order valence-electron chi connectivity index (χ1n) is 11.6. The van der Waals surface area contributed by atoms with Gasteiger partial charge in [0.15, 0.2) is 0 Å². The molecule has 0 fully saturated rings. The number of carboxylic acid groups (broad SMARTS) is 1. The lowest BCUT2D eigenvalue weighted by molar-refractivity contribution is -0.134. The minimum absolute atomic E-state index is 0.238. The van der Waals surface area contributed by atoms with Crippen molar-refractivity contribution in [2.24, 2.45) is 0 Å². The lowest BCUT2D eigenvalue weighted by Gasteiger charge is -2.15. The predicted octanol–water partition coefficient (Wildman–Crippen LogP) is 3.98. The van der Waals surface area contributed by atoms with Crippen LogP contribution in [0.2, 0.25) is 0 Å². The summed E-state index contributed by atoms with van der Waals surface area (Å²) in [5.41, 5.74) is 4.98. The number of amides is 2. The van der Waals surface area contributed by atoms with Crippen molar-refractivity contribution in [2.45, 2.75) is 13.5 Å². The van der Waals surface area contributed by atoms with Gasteiger partial charge in [-0.15, -0.1) is 0 Å². The van der Waals surface area contributed by atoms with Crippen molar-refractivity contribution in [3.05, 3.63) is 70.8 Å². The maximum Gasteiger partial charge on any atom is 0.322 e. The molecule has 0 radical (unpaired) electrons. The molecule has 0 unspecified atom stereocenters. The molecule has 0 spiro atoms. The molecule has 3 aromatic rings. The lowest BCUT2D eigenvalue weighted by Crippen LogP contribution is -2.33. The topological polar surface area (TPSA) is 144 Å². The molecule has 4 rings (SSSR count). The quantitative estimate of drug-likeness (QED) is 0.312. The zero-order valence-corrected chi connectivity index (χ0v) is 21.4. The molecule has 38 heavy (non-hydrogen) atoms. The molecule has 0 bridgehead atoms. The van der Waals surface area contributed by atoms with Crippen molar-refractivity contribution in [1.29, 1.82) is 0 Å². The van der Waals surface area contributed by atoms with Crippen molar-refractivity contribution in [2.75, 3.05) is 33.2 Å². The van der Waals surface area contributed by atoms with Crippen LogP contribution in [0.1, 0.15) is 29.4 Å². The Bertz CT molecular complexity index is 1390. The Labute approximate surface area is 219 Å². The summed E-state index contributed by atoms with van der Waals surface area (Å²) in [6, 6.07) is 8.44. The Morgan fingerprint density at radius 1 is 1.08 bits per heavy atom. The number of carbonyl (C=O) groups is 2. The highest BCUT2D eigenvalue weighted by Gasteiger charge is 2.27. The van der Waals surface area contributed by atoms with Crippen molar-refractivity contribution >= 4 is 35.0 Å². The molecule has 1 aliphatic carbocycles. The van der Waals surface area contributed by atoms with Crippen LogP contribution in [0.15, 0.2) is 52.8 Å². The van der Waals surface area contributed by atoms with E-state index in [1.807, 2.05) is 13.0 Å². The number of ether oxygens (including phenoxy) is 3. The third kappa shape index (κ3) is 5.56. The van der Waals surface area contributed by atoms with E-state index < -0.39 is 12.0 Å². The van der Waals surface area contributed by atoms with Gasteiger partial charge in [0, 0.05) is 23.4 Å². The number of allylic oxidation sites excluding steroid dienone is 2. The lowest BCUT2D eigenvalue weighted by atomic mass is 10.0. The summed E-state index contributed by atoms with van der Waals surface area (Å²) >= 11 is 0. The number of hydrogen-bond donors (Lipinski definition) is 4. The van der Waals surface area contributed by atoms with Gasteiger partial charge in [-0.1, -0.05) is 0 Å². The Morgan fingerprint density at radius 3 is 2.42 bits per heavy atom. The number of urea groups is 1. The van der Waals surface area contributed by atoms with Gasteiger partial charge in [0.25, 0.3) is 0 Å². The van der Waals surface area contributed by atoms with Gasteiger partial charge >= 0.3 is 12.0 Å². The van der Waals surface area contributed by atoms with E-state index in [-0.39, 0.29) is 13.1 Å². The summed E-state index contributed by atoms with van der Waals surface area (Å²) in [6.07, 6.45) is 5.16. The minimum Gasteiger partial charge on any atom is -0.494 e. The molecular formula is C27H28N4O7. The first-order chi connectivity index (χ1) is 18.3. The van der Waals surface area contributed by atoms with Gasteiger partial charge in [-0.3, -0.25) is 4.79 Å². The van der Waals surface area contributed by atoms with Gasteiger partial charge in [0.1, 0.15) is 29.5 Å². The van der Waals surface area contributed by atoms with Crippen LogP contribution < -0.4 is 30.2 Å². The molecule has 4 N–H and O–H groups in total. The highest BCUT2D eigenvalue weighted by Crippen LogP contribution is 2.43. The number of carboxylic acids is 1. The maximum atomic E-state index is 12.7. The summed E-state index contributed by atoms with van der Waals surface area (Å²) in [5, 5.41) is 17.6. The average molecular weight is 521 g/mol. The van der Waals surface area contributed by atoms with E-state index in [9.17, 15) is 9.59 Å². The van der Waals surface area contributed by atoms with E-state index in [1.54, 1.807) is 42.8 Å². The van der Waals surface area contributed by atoms with E-state index >= 15 is 0 Å². The van der Waals surface area contributed by atoms with Crippen LogP contribution in [0, 0.1) is 0 Å². The summed E-state index contributed by atoms with van der Waals surface area (Å²) in [7, 11) is 4.51. The standard InChI is InChI=1S/C27H28N4O7/c1-15-18(8-16-9-21(35-2)26(22(10-16)36-3)29-14-24(32)33)20-13-28-23(37-4)11-19(20)25(15)31-27(34)30-12-17-6-5-7-38-17/h5-11,13,29H,12,14H2,1-4H3,(H,32,33)(H2,30,31,34).